The summed E-state index contributed by atoms with van der Waals surface area (Å²) in [7, 11) is 0. The first-order valence-corrected chi connectivity index (χ1v) is 9.13. The van der Waals surface area contributed by atoms with E-state index >= 15 is 0 Å². The minimum atomic E-state index is -0.405. The summed E-state index contributed by atoms with van der Waals surface area (Å²) in [6.45, 7) is 4.19. The fourth-order valence-electron chi connectivity index (χ4n) is 3.78. The predicted octanol–water partition coefficient (Wildman–Crippen LogP) is 1.52. The summed E-state index contributed by atoms with van der Waals surface area (Å²) < 4.78 is 5.35. The number of carbonyl (C=O) groups is 1. The molecule has 5 heteroatoms. The predicted molar refractivity (Wildman–Crippen MR) is 94.4 cm³/mol. The number of likely N-dealkylation sites (tertiary alicyclic amines) is 1. The molecule has 0 spiro atoms. The maximum absolute atomic E-state index is 12.4. The van der Waals surface area contributed by atoms with Gasteiger partial charge in [-0.15, -0.1) is 0 Å². The van der Waals surface area contributed by atoms with Crippen LogP contribution >= 0.6 is 0 Å². The van der Waals surface area contributed by atoms with E-state index < -0.39 is 6.04 Å². The molecule has 3 rings (SSSR count). The van der Waals surface area contributed by atoms with E-state index in [-0.39, 0.29) is 11.8 Å². The Balaban J connectivity index is 1.47. The normalized spacial score (nSPS) is 24.0. The summed E-state index contributed by atoms with van der Waals surface area (Å²) in [5.41, 5.74) is 7.48. The number of nitrogens with one attached hydrogen (secondary N) is 1. The molecule has 1 amide bonds. The Morgan fingerprint density at radius 3 is 2.75 bits per heavy atom. The maximum Gasteiger partial charge on any atom is 0.237 e. The lowest BCUT2D eigenvalue weighted by molar-refractivity contribution is -0.124. The first kappa shape index (κ1) is 17.4. The van der Waals surface area contributed by atoms with Crippen LogP contribution in [-0.4, -0.2) is 49.2 Å². The first-order chi connectivity index (χ1) is 11.7. The maximum atomic E-state index is 12.4. The molecule has 2 fully saturated rings. The van der Waals surface area contributed by atoms with Crippen LogP contribution < -0.4 is 11.1 Å². The van der Waals surface area contributed by atoms with Crippen molar-refractivity contribution in [1.29, 1.82) is 0 Å². The van der Waals surface area contributed by atoms with Crippen LogP contribution in [0.3, 0.4) is 0 Å². The topological polar surface area (TPSA) is 67.6 Å². The standard InChI is InChI=1S/C19H29N3O2/c20-18(16-8-11-24-12-9-16)19(23)21-13-17-7-4-10-22(17)14-15-5-2-1-3-6-15/h1-3,5-6,16-18H,4,7-14,20H2,(H,21,23). The number of benzene rings is 1. The second kappa shape index (κ2) is 8.60. The van der Waals surface area contributed by atoms with E-state index in [9.17, 15) is 4.79 Å². The molecule has 1 aromatic rings. The highest BCUT2D eigenvalue weighted by molar-refractivity contribution is 5.81. The summed E-state index contributed by atoms with van der Waals surface area (Å²) in [4.78, 5) is 14.8. The van der Waals surface area contributed by atoms with Crippen molar-refractivity contribution in [3.63, 3.8) is 0 Å². The van der Waals surface area contributed by atoms with E-state index in [0.29, 0.717) is 12.6 Å². The van der Waals surface area contributed by atoms with Gasteiger partial charge in [-0.1, -0.05) is 30.3 Å². The smallest absolute Gasteiger partial charge is 0.237 e. The van der Waals surface area contributed by atoms with Gasteiger partial charge in [-0.2, -0.15) is 0 Å². The van der Waals surface area contributed by atoms with E-state index in [1.807, 2.05) is 6.07 Å². The Labute approximate surface area is 144 Å². The van der Waals surface area contributed by atoms with Gasteiger partial charge in [0.1, 0.15) is 0 Å². The summed E-state index contributed by atoms with van der Waals surface area (Å²) in [5, 5.41) is 3.09. The molecule has 2 atom stereocenters. The molecule has 2 saturated heterocycles. The van der Waals surface area contributed by atoms with Crippen molar-refractivity contribution in [2.75, 3.05) is 26.3 Å². The molecule has 1 aromatic carbocycles. The van der Waals surface area contributed by atoms with E-state index in [1.165, 1.54) is 12.0 Å². The van der Waals surface area contributed by atoms with Crippen molar-refractivity contribution in [1.82, 2.24) is 10.2 Å². The highest BCUT2D eigenvalue weighted by Gasteiger charge is 2.29. The zero-order valence-corrected chi connectivity index (χ0v) is 14.3. The molecule has 0 saturated carbocycles. The van der Waals surface area contributed by atoms with Gasteiger partial charge in [-0.25, -0.2) is 0 Å². The Morgan fingerprint density at radius 1 is 1.25 bits per heavy atom. The second-order valence-corrected chi connectivity index (χ2v) is 6.97. The van der Waals surface area contributed by atoms with Gasteiger partial charge in [0.15, 0.2) is 0 Å². The summed E-state index contributed by atoms with van der Waals surface area (Å²) in [5.74, 6) is 0.246. The van der Waals surface area contributed by atoms with Crippen molar-refractivity contribution >= 4 is 5.91 Å². The molecule has 132 valence electrons. The minimum absolute atomic E-state index is 0.00605. The lowest BCUT2D eigenvalue weighted by atomic mass is 9.92. The molecule has 0 radical (unpaired) electrons. The lowest BCUT2D eigenvalue weighted by Gasteiger charge is -2.28. The molecule has 5 nitrogen and oxygen atoms in total. The SMILES string of the molecule is NC(C(=O)NCC1CCCN1Cc1ccccc1)C1CCOCC1. The molecular formula is C19H29N3O2. The average Bonchev–Trinajstić information content (AvgIpc) is 3.07. The number of carbonyl (C=O) groups excluding carboxylic acids is 1. The number of hydrogen-bond donors (Lipinski definition) is 2. The van der Waals surface area contributed by atoms with Crippen molar-refractivity contribution in [2.24, 2.45) is 11.7 Å². The van der Waals surface area contributed by atoms with Crippen LogP contribution in [0.4, 0.5) is 0 Å². The minimum Gasteiger partial charge on any atom is -0.381 e. The third-order valence-electron chi connectivity index (χ3n) is 5.32. The number of hydrogen-bond acceptors (Lipinski definition) is 4. The Morgan fingerprint density at radius 2 is 2.00 bits per heavy atom. The third-order valence-corrected chi connectivity index (χ3v) is 5.32. The van der Waals surface area contributed by atoms with Gasteiger partial charge < -0.3 is 15.8 Å². The van der Waals surface area contributed by atoms with Gasteiger partial charge in [-0.3, -0.25) is 9.69 Å². The zero-order valence-electron chi connectivity index (χ0n) is 14.3. The fraction of sp³-hybridized carbons (Fsp3) is 0.632. The summed E-state index contributed by atoms with van der Waals surface area (Å²) in [6, 6.07) is 10.5. The van der Waals surface area contributed by atoms with Crippen LogP contribution in [0, 0.1) is 5.92 Å². The zero-order chi connectivity index (χ0) is 16.8. The molecule has 2 aliphatic rings. The van der Waals surface area contributed by atoms with Gasteiger partial charge in [0.2, 0.25) is 5.91 Å². The van der Waals surface area contributed by atoms with Gasteiger partial charge >= 0.3 is 0 Å². The van der Waals surface area contributed by atoms with Gasteiger partial charge in [0, 0.05) is 32.3 Å². The summed E-state index contributed by atoms with van der Waals surface area (Å²) in [6.07, 6.45) is 4.11. The van der Waals surface area contributed by atoms with Crippen LogP contribution in [0.5, 0.6) is 0 Å². The molecule has 3 N–H and O–H groups in total. The highest BCUT2D eigenvalue weighted by atomic mass is 16.5. The lowest BCUT2D eigenvalue weighted by Crippen LogP contribution is -2.50. The third kappa shape index (κ3) is 4.56. The molecule has 0 aliphatic carbocycles. The van der Waals surface area contributed by atoms with Crippen LogP contribution in [0.15, 0.2) is 30.3 Å². The largest absolute Gasteiger partial charge is 0.381 e. The molecule has 0 bridgehead atoms. The van der Waals surface area contributed by atoms with Crippen molar-refractivity contribution < 1.29 is 9.53 Å². The van der Waals surface area contributed by atoms with E-state index in [2.05, 4.69) is 34.5 Å². The van der Waals surface area contributed by atoms with E-state index in [4.69, 9.17) is 10.5 Å². The van der Waals surface area contributed by atoms with Crippen LogP contribution in [0.25, 0.3) is 0 Å². The number of amides is 1. The van der Waals surface area contributed by atoms with Crippen LogP contribution in [0.2, 0.25) is 0 Å². The molecule has 2 unspecified atom stereocenters. The Hall–Kier alpha value is -1.43. The van der Waals surface area contributed by atoms with Gasteiger partial charge in [-0.05, 0) is 43.7 Å². The first-order valence-electron chi connectivity index (χ1n) is 9.13. The molecular weight excluding hydrogens is 302 g/mol. The summed E-state index contributed by atoms with van der Waals surface area (Å²) >= 11 is 0. The quantitative estimate of drug-likeness (QED) is 0.829. The van der Waals surface area contributed by atoms with Gasteiger partial charge in [0.25, 0.3) is 0 Å². The fourth-order valence-corrected chi connectivity index (χ4v) is 3.78. The number of nitrogens with zero attached hydrogens (tertiary/aromatic N) is 1. The average molecular weight is 331 g/mol. The highest BCUT2D eigenvalue weighted by Crippen LogP contribution is 2.20. The Kier molecular flexibility index (Phi) is 6.24. The van der Waals surface area contributed by atoms with Gasteiger partial charge in [0.05, 0.1) is 6.04 Å². The van der Waals surface area contributed by atoms with Crippen LogP contribution in [0.1, 0.15) is 31.2 Å². The van der Waals surface area contributed by atoms with Crippen molar-refractivity contribution in [3.05, 3.63) is 35.9 Å². The number of nitrogens with two attached hydrogens (primary N) is 1. The second-order valence-electron chi connectivity index (χ2n) is 6.97. The van der Waals surface area contributed by atoms with Crippen molar-refractivity contribution in [3.8, 4) is 0 Å². The number of rotatable bonds is 6. The number of ether oxygens (including phenoxy) is 1. The monoisotopic (exact) mass is 331 g/mol. The molecule has 0 aromatic heterocycles. The Bertz CT molecular complexity index is 517. The van der Waals surface area contributed by atoms with E-state index in [0.717, 1.165) is 45.6 Å². The molecule has 24 heavy (non-hydrogen) atoms. The molecule has 2 aliphatic heterocycles. The molecule has 2 heterocycles. The van der Waals surface area contributed by atoms with Crippen LogP contribution in [-0.2, 0) is 16.1 Å². The van der Waals surface area contributed by atoms with Crippen molar-refractivity contribution in [2.45, 2.75) is 44.3 Å². The van der Waals surface area contributed by atoms with E-state index in [1.54, 1.807) is 0 Å².